The number of ether oxygens (including phenoxy) is 3. The van der Waals surface area contributed by atoms with Crippen LogP contribution in [-0.4, -0.2) is 50.3 Å². The lowest BCUT2D eigenvalue weighted by atomic mass is 10.0. The summed E-state index contributed by atoms with van der Waals surface area (Å²) in [6.07, 6.45) is -1.23. The molecule has 0 aliphatic carbocycles. The minimum absolute atomic E-state index is 0.166. The Kier molecular flexibility index (Phi) is 3.46. The number of aliphatic hydroxyl groups is 1. The topological polar surface area (TPSA) is 47.9 Å². The van der Waals surface area contributed by atoms with Crippen molar-refractivity contribution < 1.29 is 19.3 Å². The lowest BCUT2D eigenvalue weighted by Gasteiger charge is -2.37. The van der Waals surface area contributed by atoms with Crippen molar-refractivity contribution in [3.63, 3.8) is 0 Å². The highest BCUT2D eigenvalue weighted by molar-refractivity contribution is 4.86. The molecule has 1 fully saturated rings. The molecule has 0 aromatic carbocycles. The van der Waals surface area contributed by atoms with Gasteiger partial charge in [0, 0.05) is 14.2 Å². The van der Waals surface area contributed by atoms with Gasteiger partial charge in [-0.05, 0) is 6.92 Å². The second kappa shape index (κ2) is 4.18. The van der Waals surface area contributed by atoms with Crippen LogP contribution in [0.4, 0.5) is 0 Å². The van der Waals surface area contributed by atoms with E-state index in [4.69, 9.17) is 14.2 Å². The highest BCUT2D eigenvalue weighted by atomic mass is 16.6. The largest absolute Gasteiger partial charge is 0.388 e. The van der Waals surface area contributed by atoms with E-state index in [9.17, 15) is 5.11 Å². The Morgan fingerprint density at radius 1 is 1.33 bits per heavy atom. The second-order valence-electron chi connectivity index (χ2n) is 3.00. The van der Waals surface area contributed by atoms with E-state index in [2.05, 4.69) is 0 Å². The minimum atomic E-state index is -0.603. The summed E-state index contributed by atoms with van der Waals surface area (Å²) in [5.74, 6) is 0. The van der Waals surface area contributed by atoms with Gasteiger partial charge in [0.05, 0.1) is 12.7 Å². The molecule has 0 aromatic heterocycles. The first kappa shape index (κ1) is 9.92. The lowest BCUT2D eigenvalue weighted by Crippen LogP contribution is -2.53. The summed E-state index contributed by atoms with van der Waals surface area (Å²) >= 11 is 0. The van der Waals surface area contributed by atoms with Crippen LogP contribution in [0.1, 0.15) is 6.92 Å². The van der Waals surface area contributed by atoms with E-state index in [0.29, 0.717) is 6.61 Å². The molecule has 0 bridgehead atoms. The molecule has 4 heteroatoms. The summed E-state index contributed by atoms with van der Waals surface area (Å²) in [7, 11) is 3.15. The third-order valence-corrected chi connectivity index (χ3v) is 2.28. The maximum atomic E-state index is 9.61. The van der Waals surface area contributed by atoms with Crippen LogP contribution in [0.15, 0.2) is 0 Å². The van der Waals surface area contributed by atoms with Crippen LogP contribution >= 0.6 is 0 Å². The van der Waals surface area contributed by atoms with E-state index in [-0.39, 0.29) is 18.3 Å². The molecule has 0 radical (unpaired) electrons. The number of hydrogen-bond donors (Lipinski definition) is 1. The predicted octanol–water partition coefficient (Wildman–Crippen LogP) is -0.204. The van der Waals surface area contributed by atoms with Crippen molar-refractivity contribution in [2.75, 3.05) is 20.8 Å². The zero-order valence-corrected chi connectivity index (χ0v) is 7.69. The van der Waals surface area contributed by atoms with Gasteiger partial charge in [-0.25, -0.2) is 0 Å². The average molecular weight is 176 g/mol. The van der Waals surface area contributed by atoms with E-state index in [0.717, 1.165) is 0 Å². The molecule has 1 aliphatic heterocycles. The second-order valence-corrected chi connectivity index (χ2v) is 3.00. The lowest BCUT2D eigenvalue weighted by molar-refractivity contribution is -0.198. The molecule has 1 heterocycles. The summed E-state index contributed by atoms with van der Waals surface area (Å²) in [4.78, 5) is 0. The summed E-state index contributed by atoms with van der Waals surface area (Å²) in [6.45, 7) is 2.30. The molecule has 12 heavy (non-hydrogen) atoms. The van der Waals surface area contributed by atoms with Crippen molar-refractivity contribution in [1.29, 1.82) is 0 Å². The van der Waals surface area contributed by atoms with Crippen LogP contribution in [0.2, 0.25) is 0 Å². The molecule has 1 saturated heterocycles. The van der Waals surface area contributed by atoms with Crippen LogP contribution in [0.5, 0.6) is 0 Å². The van der Waals surface area contributed by atoms with Gasteiger partial charge in [0.1, 0.15) is 18.3 Å². The Morgan fingerprint density at radius 2 is 2.00 bits per heavy atom. The monoisotopic (exact) mass is 176 g/mol. The molecule has 0 saturated carbocycles. The first-order valence-electron chi connectivity index (χ1n) is 4.06. The molecular formula is C8H16O4. The van der Waals surface area contributed by atoms with Gasteiger partial charge in [0.25, 0.3) is 0 Å². The smallest absolute Gasteiger partial charge is 0.114 e. The molecule has 1 rings (SSSR count). The van der Waals surface area contributed by atoms with Crippen molar-refractivity contribution >= 4 is 0 Å². The van der Waals surface area contributed by atoms with Crippen LogP contribution in [-0.2, 0) is 14.2 Å². The van der Waals surface area contributed by atoms with Gasteiger partial charge in [0.15, 0.2) is 0 Å². The number of methoxy groups -OCH3 is 2. The summed E-state index contributed by atoms with van der Waals surface area (Å²) in [5, 5.41) is 9.61. The van der Waals surface area contributed by atoms with Crippen LogP contribution in [0.3, 0.4) is 0 Å². The van der Waals surface area contributed by atoms with E-state index in [1.54, 1.807) is 14.2 Å². The van der Waals surface area contributed by atoms with Gasteiger partial charge in [-0.2, -0.15) is 0 Å². The Labute approximate surface area is 72.4 Å². The Balaban J connectivity index is 2.58. The molecule has 3 unspecified atom stereocenters. The highest BCUT2D eigenvalue weighted by Gasteiger charge is 2.37. The number of rotatable bonds is 2. The quantitative estimate of drug-likeness (QED) is 0.632. The molecule has 0 amide bonds. The van der Waals surface area contributed by atoms with Crippen LogP contribution in [0, 0.1) is 0 Å². The minimum Gasteiger partial charge on any atom is -0.388 e. The van der Waals surface area contributed by atoms with Gasteiger partial charge in [0.2, 0.25) is 0 Å². The molecule has 0 spiro atoms. The maximum absolute atomic E-state index is 9.61. The molecule has 0 aromatic rings. The van der Waals surface area contributed by atoms with Gasteiger partial charge < -0.3 is 19.3 Å². The molecule has 4 nitrogen and oxygen atoms in total. The summed E-state index contributed by atoms with van der Waals surface area (Å²) in [5.41, 5.74) is 0. The van der Waals surface area contributed by atoms with Gasteiger partial charge in [-0.1, -0.05) is 0 Å². The van der Waals surface area contributed by atoms with Crippen molar-refractivity contribution in [3.05, 3.63) is 0 Å². The highest BCUT2D eigenvalue weighted by Crippen LogP contribution is 2.19. The third kappa shape index (κ3) is 1.77. The first-order valence-corrected chi connectivity index (χ1v) is 4.06. The zero-order valence-electron chi connectivity index (χ0n) is 7.69. The van der Waals surface area contributed by atoms with Crippen LogP contribution < -0.4 is 0 Å². The van der Waals surface area contributed by atoms with Gasteiger partial charge in [-0.15, -0.1) is 0 Å². The van der Waals surface area contributed by atoms with Gasteiger partial charge >= 0.3 is 0 Å². The summed E-state index contributed by atoms with van der Waals surface area (Å²) in [6, 6.07) is 0. The molecule has 1 aliphatic rings. The fraction of sp³-hybridized carbons (Fsp3) is 1.00. The average Bonchev–Trinajstić information content (AvgIpc) is 2.09. The van der Waals surface area contributed by atoms with E-state index in [1.807, 2.05) is 6.92 Å². The van der Waals surface area contributed by atoms with Crippen molar-refractivity contribution in [1.82, 2.24) is 0 Å². The van der Waals surface area contributed by atoms with Crippen molar-refractivity contribution in [2.45, 2.75) is 31.3 Å². The standard InChI is InChI=1S/C8H16O4/c1-5-7(9)8(11-3)6(10-2)4-12-5/h5-9H,4H2,1-3H3/t5?,6?,7-,8?/m1/s1. The normalized spacial score (nSPS) is 43.0. The number of hydrogen-bond acceptors (Lipinski definition) is 4. The van der Waals surface area contributed by atoms with E-state index >= 15 is 0 Å². The predicted molar refractivity (Wildman–Crippen MR) is 43.0 cm³/mol. The van der Waals surface area contributed by atoms with E-state index in [1.165, 1.54) is 0 Å². The van der Waals surface area contributed by atoms with Crippen molar-refractivity contribution in [3.8, 4) is 0 Å². The Bertz CT molecular complexity index is 137. The fourth-order valence-corrected chi connectivity index (χ4v) is 1.42. The third-order valence-electron chi connectivity index (χ3n) is 2.28. The van der Waals surface area contributed by atoms with Gasteiger partial charge in [-0.3, -0.25) is 0 Å². The maximum Gasteiger partial charge on any atom is 0.114 e. The number of aliphatic hydroxyl groups excluding tert-OH is 1. The molecule has 72 valence electrons. The molecule has 1 N–H and O–H groups in total. The Hall–Kier alpha value is -0.160. The first-order chi connectivity index (χ1) is 5.70. The summed E-state index contributed by atoms with van der Waals surface area (Å²) < 4.78 is 15.5. The zero-order chi connectivity index (χ0) is 9.14. The van der Waals surface area contributed by atoms with Crippen LogP contribution in [0.25, 0.3) is 0 Å². The SMILES string of the molecule is COC1COC(C)[C@@H](O)C1OC. The molecular weight excluding hydrogens is 160 g/mol. The fourth-order valence-electron chi connectivity index (χ4n) is 1.42. The Morgan fingerprint density at radius 3 is 2.50 bits per heavy atom. The van der Waals surface area contributed by atoms with Crippen molar-refractivity contribution in [2.24, 2.45) is 0 Å². The molecule has 4 atom stereocenters. The van der Waals surface area contributed by atoms with E-state index < -0.39 is 6.10 Å².